The van der Waals surface area contributed by atoms with Gasteiger partial charge in [0.1, 0.15) is 17.9 Å². The van der Waals surface area contributed by atoms with Gasteiger partial charge in [-0.15, -0.1) is 0 Å². The van der Waals surface area contributed by atoms with Gasteiger partial charge >= 0.3 is 11.6 Å². The highest BCUT2D eigenvalue weighted by molar-refractivity contribution is 9.10. The minimum atomic E-state index is -0.571. The van der Waals surface area contributed by atoms with E-state index in [1.165, 1.54) is 12.1 Å². The number of halogens is 1. The highest BCUT2D eigenvalue weighted by atomic mass is 79.9. The largest absolute Gasteiger partial charge is 0.507 e. The molecule has 122 valence electrons. The molecule has 0 aliphatic rings. The molecule has 0 fully saturated rings. The van der Waals surface area contributed by atoms with Crippen molar-refractivity contribution in [2.75, 3.05) is 0 Å². The van der Waals surface area contributed by atoms with Gasteiger partial charge in [-0.05, 0) is 27.6 Å². The molecule has 1 aromatic heterocycles. The molecule has 5 nitrogen and oxygen atoms in total. The lowest BCUT2D eigenvalue weighted by atomic mass is 10.1. The summed E-state index contributed by atoms with van der Waals surface area (Å²) in [7, 11) is 0. The lowest BCUT2D eigenvalue weighted by Gasteiger charge is -2.08. The van der Waals surface area contributed by atoms with Gasteiger partial charge in [-0.3, -0.25) is 4.79 Å². The minimum absolute atomic E-state index is 0.0381. The Morgan fingerprint density at radius 1 is 1.17 bits per heavy atom. The van der Waals surface area contributed by atoms with Crippen LogP contribution in [0, 0.1) is 0 Å². The molecular formula is C18H13BrO5. The third-order valence-corrected chi connectivity index (χ3v) is 4.11. The van der Waals surface area contributed by atoms with Gasteiger partial charge in [-0.25, -0.2) is 4.79 Å². The van der Waals surface area contributed by atoms with Crippen LogP contribution in [0.3, 0.4) is 0 Å². The first-order chi connectivity index (χ1) is 11.5. The van der Waals surface area contributed by atoms with Gasteiger partial charge in [0.05, 0.1) is 10.9 Å². The normalized spacial score (nSPS) is 10.7. The summed E-state index contributed by atoms with van der Waals surface area (Å²) in [6, 6.07) is 13.5. The van der Waals surface area contributed by atoms with Crippen LogP contribution in [0.15, 0.2) is 62.2 Å². The van der Waals surface area contributed by atoms with Crippen LogP contribution in [0.25, 0.3) is 11.0 Å². The predicted octanol–water partition coefficient (Wildman–Crippen LogP) is 3.55. The average molecular weight is 389 g/mol. The Hall–Kier alpha value is -2.60. The van der Waals surface area contributed by atoms with Gasteiger partial charge in [-0.2, -0.15) is 0 Å². The maximum atomic E-state index is 12.0. The van der Waals surface area contributed by atoms with Crippen molar-refractivity contribution in [1.29, 1.82) is 0 Å². The molecule has 1 N–H and O–H groups in total. The van der Waals surface area contributed by atoms with Crippen molar-refractivity contribution in [3.05, 3.63) is 74.6 Å². The van der Waals surface area contributed by atoms with E-state index in [-0.39, 0.29) is 30.3 Å². The molecule has 0 unspecified atom stereocenters. The van der Waals surface area contributed by atoms with Crippen LogP contribution >= 0.6 is 15.9 Å². The SMILES string of the molecule is O=C(Cc1ccccc1)OCc1cc(=O)oc2cc(O)c(Br)cc12. The van der Waals surface area contributed by atoms with E-state index in [1.807, 2.05) is 30.3 Å². The zero-order valence-corrected chi connectivity index (χ0v) is 14.1. The van der Waals surface area contributed by atoms with E-state index < -0.39 is 5.63 Å². The van der Waals surface area contributed by atoms with E-state index in [2.05, 4.69) is 15.9 Å². The molecule has 0 radical (unpaired) electrons. The van der Waals surface area contributed by atoms with Crippen LogP contribution in [-0.4, -0.2) is 11.1 Å². The molecule has 0 bridgehead atoms. The van der Waals surface area contributed by atoms with Crippen molar-refractivity contribution in [3.63, 3.8) is 0 Å². The van der Waals surface area contributed by atoms with E-state index in [1.54, 1.807) is 6.07 Å². The van der Waals surface area contributed by atoms with Crippen molar-refractivity contribution in [3.8, 4) is 5.75 Å². The molecule has 0 aliphatic heterocycles. The molecule has 0 atom stereocenters. The summed E-state index contributed by atoms with van der Waals surface area (Å²) in [5.41, 5.74) is 1.03. The number of hydrogen-bond donors (Lipinski definition) is 1. The minimum Gasteiger partial charge on any atom is -0.507 e. The van der Waals surface area contributed by atoms with Crippen LogP contribution in [0.4, 0.5) is 0 Å². The second-order valence-corrected chi connectivity index (χ2v) is 6.07. The highest BCUT2D eigenvalue weighted by Gasteiger charge is 2.12. The summed E-state index contributed by atoms with van der Waals surface area (Å²) in [5.74, 6) is -0.427. The van der Waals surface area contributed by atoms with Crippen LogP contribution in [0.2, 0.25) is 0 Å². The molecule has 3 aromatic rings. The molecule has 6 heteroatoms. The average Bonchev–Trinajstić information content (AvgIpc) is 2.55. The monoisotopic (exact) mass is 388 g/mol. The van der Waals surface area contributed by atoms with Gasteiger partial charge in [0, 0.05) is 23.1 Å². The lowest BCUT2D eigenvalue weighted by molar-refractivity contribution is -0.144. The summed E-state index contributed by atoms with van der Waals surface area (Å²) < 4.78 is 10.8. The second-order valence-electron chi connectivity index (χ2n) is 5.21. The molecule has 0 saturated carbocycles. The first kappa shape index (κ1) is 16.3. The number of carbonyl (C=O) groups is 1. The van der Waals surface area contributed by atoms with Crippen LogP contribution < -0.4 is 5.63 Å². The number of ether oxygens (including phenoxy) is 1. The Morgan fingerprint density at radius 3 is 2.67 bits per heavy atom. The number of esters is 1. The van der Waals surface area contributed by atoms with Gasteiger partial charge in [0.2, 0.25) is 0 Å². The Morgan fingerprint density at radius 2 is 1.92 bits per heavy atom. The van der Waals surface area contributed by atoms with Crippen LogP contribution in [0.5, 0.6) is 5.75 Å². The number of fused-ring (bicyclic) bond motifs is 1. The molecule has 0 saturated heterocycles. The van der Waals surface area contributed by atoms with E-state index in [0.717, 1.165) is 5.56 Å². The van der Waals surface area contributed by atoms with Crippen molar-refractivity contribution >= 4 is 32.9 Å². The van der Waals surface area contributed by atoms with Crippen LogP contribution in [-0.2, 0) is 22.6 Å². The van der Waals surface area contributed by atoms with Crippen molar-refractivity contribution in [2.45, 2.75) is 13.0 Å². The number of phenols is 1. The van der Waals surface area contributed by atoms with Crippen molar-refractivity contribution in [1.82, 2.24) is 0 Å². The van der Waals surface area contributed by atoms with E-state index in [0.29, 0.717) is 15.4 Å². The van der Waals surface area contributed by atoms with E-state index in [4.69, 9.17) is 9.15 Å². The van der Waals surface area contributed by atoms with Gasteiger partial charge in [0.15, 0.2) is 0 Å². The zero-order valence-electron chi connectivity index (χ0n) is 12.5. The summed E-state index contributed by atoms with van der Waals surface area (Å²) in [6.45, 7) is -0.0506. The maximum Gasteiger partial charge on any atom is 0.336 e. The van der Waals surface area contributed by atoms with Gasteiger partial charge < -0.3 is 14.3 Å². The lowest BCUT2D eigenvalue weighted by Crippen LogP contribution is -2.09. The quantitative estimate of drug-likeness (QED) is 0.546. The van der Waals surface area contributed by atoms with Crippen molar-refractivity contribution < 1.29 is 19.1 Å². The molecular weight excluding hydrogens is 376 g/mol. The molecule has 0 spiro atoms. The fourth-order valence-electron chi connectivity index (χ4n) is 2.33. The summed E-state index contributed by atoms with van der Waals surface area (Å²) in [5, 5.41) is 10.3. The van der Waals surface area contributed by atoms with Gasteiger partial charge in [-0.1, -0.05) is 30.3 Å². The Balaban J connectivity index is 1.81. The van der Waals surface area contributed by atoms with E-state index in [9.17, 15) is 14.7 Å². The van der Waals surface area contributed by atoms with Gasteiger partial charge in [0.25, 0.3) is 0 Å². The Labute approximate surface area is 145 Å². The molecule has 3 rings (SSSR count). The third kappa shape index (κ3) is 3.65. The Kier molecular flexibility index (Phi) is 4.66. The smallest absolute Gasteiger partial charge is 0.336 e. The fraction of sp³-hybridized carbons (Fsp3) is 0.111. The predicted molar refractivity (Wildman–Crippen MR) is 91.8 cm³/mol. The van der Waals surface area contributed by atoms with Crippen molar-refractivity contribution in [2.24, 2.45) is 0 Å². The summed E-state index contributed by atoms with van der Waals surface area (Å²) >= 11 is 3.22. The maximum absolute atomic E-state index is 12.0. The number of carbonyl (C=O) groups excluding carboxylic acids is 1. The first-order valence-electron chi connectivity index (χ1n) is 7.18. The highest BCUT2D eigenvalue weighted by Crippen LogP contribution is 2.30. The third-order valence-electron chi connectivity index (χ3n) is 3.48. The summed E-state index contributed by atoms with van der Waals surface area (Å²) in [4.78, 5) is 23.6. The molecule has 2 aromatic carbocycles. The number of phenolic OH excluding ortho intramolecular Hbond substituents is 1. The Bertz CT molecular complexity index is 947. The number of hydrogen-bond acceptors (Lipinski definition) is 5. The molecule has 0 aliphatic carbocycles. The number of rotatable bonds is 4. The zero-order chi connectivity index (χ0) is 17.1. The summed E-state index contributed by atoms with van der Waals surface area (Å²) in [6.07, 6.45) is 0.157. The standard InChI is InChI=1S/C18H13BrO5/c19-14-8-13-12(7-18(22)24-16(13)9-15(14)20)10-23-17(21)6-11-4-2-1-3-5-11/h1-5,7-9,20H,6,10H2. The molecule has 24 heavy (non-hydrogen) atoms. The topological polar surface area (TPSA) is 76.7 Å². The van der Waals surface area contributed by atoms with E-state index >= 15 is 0 Å². The molecule has 1 heterocycles. The second kappa shape index (κ2) is 6.88. The number of aromatic hydroxyl groups is 1. The molecule has 0 amide bonds. The van der Waals surface area contributed by atoms with Crippen LogP contribution in [0.1, 0.15) is 11.1 Å². The first-order valence-corrected chi connectivity index (χ1v) is 7.97. The fourth-order valence-corrected chi connectivity index (χ4v) is 2.67. The number of benzene rings is 2.